The minimum absolute atomic E-state index is 0.0335. The van der Waals surface area contributed by atoms with Gasteiger partial charge in [-0.2, -0.15) is 0 Å². The fraction of sp³-hybridized carbons (Fsp3) is 0.692. The van der Waals surface area contributed by atoms with Crippen molar-refractivity contribution in [3.05, 3.63) is 18.2 Å². The fourth-order valence-electron chi connectivity index (χ4n) is 2.63. The van der Waals surface area contributed by atoms with Crippen LogP contribution in [-0.2, 0) is 16.1 Å². The normalized spacial score (nSPS) is 24.5. The second kappa shape index (κ2) is 5.30. The molecule has 2 heterocycles. The number of aromatic nitrogens is 2. The Balaban J connectivity index is 1.68. The summed E-state index contributed by atoms with van der Waals surface area (Å²) in [6.07, 6.45) is 6.37. The van der Waals surface area contributed by atoms with Crippen molar-refractivity contribution in [1.82, 2.24) is 14.5 Å². The number of ether oxygens (including phenoxy) is 1. The summed E-state index contributed by atoms with van der Waals surface area (Å²) >= 11 is 0. The van der Waals surface area contributed by atoms with Gasteiger partial charge in [-0.05, 0) is 12.8 Å². The first-order chi connectivity index (χ1) is 9.24. The average molecular weight is 265 g/mol. The quantitative estimate of drug-likeness (QED) is 0.856. The van der Waals surface area contributed by atoms with Gasteiger partial charge in [-0.3, -0.25) is 9.69 Å². The van der Waals surface area contributed by atoms with Gasteiger partial charge in [0.15, 0.2) is 0 Å². The van der Waals surface area contributed by atoms with E-state index < -0.39 is 5.97 Å². The Bertz CT molecular complexity index is 456. The maximum Gasteiger partial charge on any atom is 0.305 e. The monoisotopic (exact) mass is 265 g/mol. The summed E-state index contributed by atoms with van der Waals surface area (Å²) in [5.41, 5.74) is 1.18. The lowest BCUT2D eigenvalue weighted by atomic mass is 10.1. The second-order valence-corrected chi connectivity index (χ2v) is 5.32. The zero-order valence-corrected chi connectivity index (χ0v) is 10.9. The molecule has 1 aliphatic carbocycles. The highest BCUT2D eigenvalue weighted by atomic mass is 16.5. The lowest BCUT2D eigenvalue weighted by Gasteiger charge is -2.34. The molecule has 6 heteroatoms. The highest BCUT2D eigenvalue weighted by Gasteiger charge is 2.29. The molecule has 2 fully saturated rings. The third kappa shape index (κ3) is 2.96. The molecule has 3 rings (SSSR count). The van der Waals surface area contributed by atoms with Gasteiger partial charge in [0.25, 0.3) is 0 Å². The van der Waals surface area contributed by atoms with Gasteiger partial charge in [-0.25, -0.2) is 4.98 Å². The first-order valence-electron chi connectivity index (χ1n) is 6.78. The van der Waals surface area contributed by atoms with Crippen molar-refractivity contribution in [1.29, 1.82) is 0 Å². The first-order valence-corrected chi connectivity index (χ1v) is 6.78. The Morgan fingerprint density at radius 2 is 2.37 bits per heavy atom. The number of hydrogen-bond donors (Lipinski definition) is 1. The highest BCUT2D eigenvalue weighted by Crippen LogP contribution is 2.36. The number of imidazole rings is 1. The van der Waals surface area contributed by atoms with Crippen LogP contribution < -0.4 is 0 Å². The van der Waals surface area contributed by atoms with E-state index in [2.05, 4.69) is 14.5 Å². The summed E-state index contributed by atoms with van der Waals surface area (Å²) in [5.74, 6) is -0.767. The third-order valence-electron chi connectivity index (χ3n) is 3.81. The van der Waals surface area contributed by atoms with E-state index in [1.54, 1.807) is 0 Å². The van der Waals surface area contributed by atoms with Gasteiger partial charge in [0.1, 0.15) is 0 Å². The molecule has 1 atom stereocenters. The largest absolute Gasteiger partial charge is 0.481 e. The van der Waals surface area contributed by atoms with Gasteiger partial charge in [0.05, 0.1) is 31.7 Å². The van der Waals surface area contributed by atoms with Gasteiger partial charge < -0.3 is 14.4 Å². The summed E-state index contributed by atoms with van der Waals surface area (Å²) in [5, 5.41) is 8.96. The van der Waals surface area contributed by atoms with E-state index in [0.717, 1.165) is 13.1 Å². The Hall–Kier alpha value is -1.40. The molecule has 1 unspecified atom stereocenters. The van der Waals surface area contributed by atoms with E-state index in [9.17, 15) is 4.79 Å². The molecule has 0 bridgehead atoms. The fourth-order valence-corrected chi connectivity index (χ4v) is 2.63. The van der Waals surface area contributed by atoms with Crippen molar-refractivity contribution in [2.45, 2.75) is 37.9 Å². The van der Waals surface area contributed by atoms with E-state index >= 15 is 0 Å². The third-order valence-corrected chi connectivity index (χ3v) is 3.81. The average Bonchev–Trinajstić information content (AvgIpc) is 3.12. The molecule has 1 aromatic rings. The number of carboxylic acids is 1. The maximum absolute atomic E-state index is 10.9. The van der Waals surface area contributed by atoms with Crippen molar-refractivity contribution < 1.29 is 14.6 Å². The molecular formula is C13H19N3O3. The van der Waals surface area contributed by atoms with Crippen molar-refractivity contribution in [3.63, 3.8) is 0 Å². The Morgan fingerprint density at radius 3 is 3.11 bits per heavy atom. The van der Waals surface area contributed by atoms with Crippen LogP contribution in [0.3, 0.4) is 0 Å². The summed E-state index contributed by atoms with van der Waals surface area (Å²) in [6.45, 7) is 2.73. The molecule has 2 aliphatic rings. The van der Waals surface area contributed by atoms with Gasteiger partial charge in [0, 0.05) is 31.4 Å². The predicted octanol–water partition coefficient (Wildman–Crippen LogP) is 0.893. The van der Waals surface area contributed by atoms with E-state index in [4.69, 9.17) is 9.84 Å². The van der Waals surface area contributed by atoms with Crippen molar-refractivity contribution >= 4 is 5.97 Å². The smallest absolute Gasteiger partial charge is 0.305 e. The lowest BCUT2D eigenvalue weighted by Crippen LogP contribution is -2.46. The van der Waals surface area contributed by atoms with Crippen LogP contribution >= 0.6 is 0 Å². The molecule has 0 aromatic carbocycles. The van der Waals surface area contributed by atoms with E-state index in [1.807, 2.05) is 12.5 Å². The molecular weight excluding hydrogens is 246 g/mol. The predicted molar refractivity (Wildman–Crippen MR) is 67.8 cm³/mol. The van der Waals surface area contributed by atoms with Crippen LogP contribution in [0, 0.1) is 0 Å². The number of rotatable bonds is 5. The van der Waals surface area contributed by atoms with Gasteiger partial charge in [-0.15, -0.1) is 0 Å². The molecule has 0 amide bonds. The Morgan fingerprint density at radius 1 is 1.53 bits per heavy atom. The van der Waals surface area contributed by atoms with Crippen LogP contribution in [-0.4, -0.2) is 51.3 Å². The summed E-state index contributed by atoms with van der Waals surface area (Å²) in [6, 6.07) is 0.574. The van der Waals surface area contributed by atoms with Gasteiger partial charge in [0.2, 0.25) is 0 Å². The summed E-state index contributed by atoms with van der Waals surface area (Å²) in [7, 11) is 0. The Labute approximate surface area is 112 Å². The number of hydrogen-bond acceptors (Lipinski definition) is 4. The van der Waals surface area contributed by atoms with Crippen LogP contribution in [0.25, 0.3) is 0 Å². The van der Waals surface area contributed by atoms with Crippen LogP contribution in [0.5, 0.6) is 0 Å². The van der Waals surface area contributed by atoms with Crippen LogP contribution in [0.4, 0.5) is 0 Å². The van der Waals surface area contributed by atoms with Crippen LogP contribution in [0.1, 0.15) is 31.0 Å². The number of aliphatic carboxylic acids is 1. The zero-order chi connectivity index (χ0) is 13.2. The SMILES string of the molecule is O=C(O)CC1COCCN1Cc1cncn1C1CC1. The van der Waals surface area contributed by atoms with Gasteiger partial charge in [-0.1, -0.05) is 0 Å². The number of carboxylic acid groups (broad SMARTS) is 1. The molecule has 104 valence electrons. The highest BCUT2D eigenvalue weighted by molar-refractivity contribution is 5.67. The van der Waals surface area contributed by atoms with Gasteiger partial charge >= 0.3 is 5.97 Å². The minimum atomic E-state index is -0.767. The summed E-state index contributed by atoms with van der Waals surface area (Å²) in [4.78, 5) is 17.3. The molecule has 0 radical (unpaired) electrons. The zero-order valence-electron chi connectivity index (χ0n) is 10.9. The molecule has 1 N–H and O–H groups in total. The topological polar surface area (TPSA) is 67.6 Å². The molecule has 1 aromatic heterocycles. The second-order valence-electron chi connectivity index (χ2n) is 5.32. The van der Waals surface area contributed by atoms with Crippen molar-refractivity contribution in [3.8, 4) is 0 Å². The van der Waals surface area contributed by atoms with Crippen LogP contribution in [0.15, 0.2) is 12.5 Å². The maximum atomic E-state index is 10.9. The van der Waals surface area contributed by atoms with E-state index in [0.29, 0.717) is 19.3 Å². The molecule has 1 saturated heterocycles. The molecule has 6 nitrogen and oxygen atoms in total. The summed E-state index contributed by atoms with van der Waals surface area (Å²) < 4.78 is 7.62. The van der Waals surface area contributed by atoms with Crippen molar-refractivity contribution in [2.75, 3.05) is 19.8 Å². The molecule has 19 heavy (non-hydrogen) atoms. The molecule has 1 saturated carbocycles. The lowest BCUT2D eigenvalue weighted by molar-refractivity contribution is -0.140. The number of morpholine rings is 1. The first kappa shape index (κ1) is 12.6. The van der Waals surface area contributed by atoms with E-state index in [-0.39, 0.29) is 12.5 Å². The number of carbonyl (C=O) groups is 1. The molecule has 1 aliphatic heterocycles. The van der Waals surface area contributed by atoms with Crippen LogP contribution in [0.2, 0.25) is 0 Å². The minimum Gasteiger partial charge on any atom is -0.481 e. The van der Waals surface area contributed by atoms with E-state index in [1.165, 1.54) is 18.5 Å². The van der Waals surface area contributed by atoms with Crippen molar-refractivity contribution in [2.24, 2.45) is 0 Å². The molecule has 0 spiro atoms. The standard InChI is InChI=1S/C13H19N3O3/c17-13(18)5-11-8-19-4-3-15(11)7-12-6-14-9-16(12)10-1-2-10/h6,9-11H,1-5,7-8H2,(H,17,18). The number of nitrogens with zero attached hydrogens (tertiary/aromatic N) is 3. The Kier molecular flexibility index (Phi) is 3.52.